The third kappa shape index (κ3) is 4.48. The van der Waals surface area contributed by atoms with Crippen LogP contribution in [0.2, 0.25) is 0 Å². The van der Waals surface area contributed by atoms with E-state index in [1.807, 2.05) is 42.5 Å². The Kier molecular flexibility index (Phi) is 6.69. The first-order valence-corrected chi connectivity index (χ1v) is 13.3. The molecule has 2 aliphatic rings. The number of benzene rings is 2. The Labute approximate surface area is 210 Å². The molecule has 2 atom stereocenters. The van der Waals surface area contributed by atoms with E-state index in [1.165, 1.54) is 21.5 Å². The molecule has 2 aliphatic heterocycles. The zero-order chi connectivity index (χ0) is 23.7. The number of thiophene rings is 1. The quantitative estimate of drug-likeness (QED) is 0.364. The van der Waals surface area contributed by atoms with Crippen LogP contribution in [0.5, 0.6) is 5.75 Å². The van der Waals surface area contributed by atoms with Gasteiger partial charge in [0.2, 0.25) is 5.91 Å². The van der Waals surface area contributed by atoms with E-state index in [-0.39, 0.29) is 17.9 Å². The topological polar surface area (TPSA) is 81.9 Å². The van der Waals surface area contributed by atoms with Crippen molar-refractivity contribution in [1.82, 2.24) is 4.90 Å². The number of methoxy groups -OCH3 is 1. The minimum absolute atomic E-state index is 0.103. The molecule has 9 heteroatoms. The molecule has 5 rings (SSSR count). The number of hydrogen-bond acceptors (Lipinski definition) is 8. The molecule has 174 valence electrons. The fourth-order valence-corrected chi connectivity index (χ4v) is 6.92. The second-order valence-electron chi connectivity index (χ2n) is 7.74. The number of thioether (sulfide) groups is 2. The number of amides is 1. The largest absolute Gasteiger partial charge is 0.497 e. The third-order valence-electron chi connectivity index (χ3n) is 5.60. The van der Waals surface area contributed by atoms with Crippen LogP contribution in [0.4, 0.5) is 0 Å². The molecular formula is C25H22N2O4S3. The summed E-state index contributed by atoms with van der Waals surface area (Å²) in [6, 6.07) is 19.0. The van der Waals surface area contributed by atoms with Gasteiger partial charge in [-0.2, -0.15) is 0 Å². The van der Waals surface area contributed by atoms with E-state index in [9.17, 15) is 9.59 Å². The Morgan fingerprint density at radius 3 is 2.59 bits per heavy atom. The minimum atomic E-state index is -0.592. The van der Waals surface area contributed by atoms with Gasteiger partial charge in [-0.25, -0.2) is 4.79 Å². The van der Waals surface area contributed by atoms with Crippen LogP contribution < -0.4 is 10.5 Å². The van der Waals surface area contributed by atoms with E-state index in [4.69, 9.17) is 15.2 Å². The number of carbonyl (C=O) groups excluding carboxylic acids is 2. The highest BCUT2D eigenvalue weighted by Gasteiger charge is 2.52. The summed E-state index contributed by atoms with van der Waals surface area (Å²) in [5.41, 5.74) is 8.27. The summed E-state index contributed by atoms with van der Waals surface area (Å²) < 4.78 is 10.8. The highest BCUT2D eigenvalue weighted by atomic mass is 32.2. The molecule has 1 fully saturated rings. The SMILES string of the molecule is COc1ccc(COC(=O)C2=C(Sc3ccc(-c4cccs4)cc3)CS[C@H]3[C@H](N)C(=O)N23)cc1. The van der Waals surface area contributed by atoms with E-state index in [2.05, 4.69) is 23.6 Å². The van der Waals surface area contributed by atoms with Crippen LogP contribution in [0.15, 0.2) is 81.5 Å². The van der Waals surface area contributed by atoms with Gasteiger partial charge in [0.15, 0.2) is 0 Å². The van der Waals surface area contributed by atoms with Crippen LogP contribution in [-0.4, -0.2) is 41.1 Å². The standard InChI is InChI=1S/C25H22N2O4S3/c1-30-17-8-4-15(5-9-17)13-31-25(29)22-20(14-33-24-21(26)23(28)27(22)24)34-18-10-6-16(7-11-18)19-3-2-12-32-19/h2-12,21,24H,13-14,26H2,1H3/t21-,24+/m1/s1. The number of fused-ring (bicyclic) bond motifs is 1. The van der Waals surface area contributed by atoms with Crippen LogP contribution in [0.25, 0.3) is 10.4 Å². The smallest absolute Gasteiger partial charge is 0.356 e. The monoisotopic (exact) mass is 510 g/mol. The number of nitrogens with two attached hydrogens (primary N) is 1. The number of ether oxygens (including phenoxy) is 2. The van der Waals surface area contributed by atoms with E-state index in [0.717, 1.165) is 26.7 Å². The highest BCUT2D eigenvalue weighted by molar-refractivity contribution is 8.06. The summed E-state index contributed by atoms with van der Waals surface area (Å²) in [7, 11) is 1.60. The van der Waals surface area contributed by atoms with Gasteiger partial charge < -0.3 is 15.2 Å². The molecule has 3 heterocycles. The van der Waals surface area contributed by atoms with Gasteiger partial charge in [0.25, 0.3) is 0 Å². The zero-order valence-electron chi connectivity index (χ0n) is 18.3. The maximum absolute atomic E-state index is 13.2. The lowest BCUT2D eigenvalue weighted by Crippen LogP contribution is -2.68. The number of carbonyl (C=O) groups is 2. The number of nitrogens with zero attached hydrogens (tertiary/aromatic N) is 1. The van der Waals surface area contributed by atoms with Gasteiger partial charge in [-0.1, -0.05) is 42.1 Å². The Balaban J connectivity index is 1.37. The predicted molar refractivity (Wildman–Crippen MR) is 136 cm³/mol. The summed E-state index contributed by atoms with van der Waals surface area (Å²) in [5.74, 6) is 0.555. The molecule has 1 amide bonds. The summed E-state index contributed by atoms with van der Waals surface area (Å²) in [5, 5.41) is 1.82. The molecule has 0 unspecified atom stereocenters. The molecule has 34 heavy (non-hydrogen) atoms. The lowest BCUT2D eigenvalue weighted by Gasteiger charge is -2.48. The van der Waals surface area contributed by atoms with Gasteiger partial charge in [0.05, 0.1) is 7.11 Å². The molecule has 1 saturated heterocycles. The first-order chi connectivity index (χ1) is 16.5. The van der Waals surface area contributed by atoms with Gasteiger partial charge in [-0.15, -0.1) is 23.1 Å². The average molecular weight is 511 g/mol. The van der Waals surface area contributed by atoms with Crippen molar-refractivity contribution in [3.8, 4) is 16.2 Å². The van der Waals surface area contributed by atoms with Crippen molar-refractivity contribution >= 4 is 46.7 Å². The molecule has 0 saturated carbocycles. The lowest BCUT2D eigenvalue weighted by atomic mass is 10.1. The van der Waals surface area contributed by atoms with Crippen molar-refractivity contribution in [3.05, 3.63) is 82.2 Å². The minimum Gasteiger partial charge on any atom is -0.497 e. The molecule has 0 radical (unpaired) electrons. The number of rotatable bonds is 7. The van der Waals surface area contributed by atoms with Crippen LogP contribution in [0.3, 0.4) is 0 Å². The van der Waals surface area contributed by atoms with Gasteiger partial charge in [-0.3, -0.25) is 9.69 Å². The van der Waals surface area contributed by atoms with E-state index >= 15 is 0 Å². The number of β-lactam (4-membered cyclic amide) rings is 1. The first kappa shape index (κ1) is 23.0. The lowest BCUT2D eigenvalue weighted by molar-refractivity contribution is -0.151. The molecule has 0 bridgehead atoms. The zero-order valence-corrected chi connectivity index (χ0v) is 20.8. The third-order valence-corrected chi connectivity index (χ3v) is 9.09. The molecule has 6 nitrogen and oxygen atoms in total. The van der Waals surface area contributed by atoms with Crippen molar-refractivity contribution in [2.75, 3.05) is 12.9 Å². The van der Waals surface area contributed by atoms with Gasteiger partial charge in [0, 0.05) is 20.4 Å². The summed E-state index contributed by atoms with van der Waals surface area (Å²) in [6.07, 6.45) is 0. The fourth-order valence-electron chi connectivity index (χ4n) is 3.77. The summed E-state index contributed by atoms with van der Waals surface area (Å²) in [4.78, 5) is 30.2. The average Bonchev–Trinajstić information content (AvgIpc) is 3.42. The Morgan fingerprint density at radius 2 is 1.91 bits per heavy atom. The Bertz CT molecular complexity index is 1220. The van der Waals surface area contributed by atoms with Gasteiger partial charge >= 0.3 is 5.97 Å². The first-order valence-electron chi connectivity index (χ1n) is 10.6. The molecule has 1 aromatic heterocycles. The predicted octanol–water partition coefficient (Wildman–Crippen LogP) is 4.71. The van der Waals surface area contributed by atoms with Crippen LogP contribution in [-0.2, 0) is 20.9 Å². The summed E-state index contributed by atoms with van der Waals surface area (Å²) >= 11 is 4.75. The second kappa shape index (κ2) is 9.87. The van der Waals surface area contributed by atoms with Crippen LogP contribution in [0.1, 0.15) is 5.56 Å². The van der Waals surface area contributed by atoms with E-state index in [1.54, 1.807) is 30.2 Å². The van der Waals surface area contributed by atoms with Crippen molar-refractivity contribution in [1.29, 1.82) is 0 Å². The highest BCUT2D eigenvalue weighted by Crippen LogP contribution is 2.45. The molecular weight excluding hydrogens is 488 g/mol. The maximum atomic E-state index is 13.2. The van der Waals surface area contributed by atoms with Crippen molar-refractivity contribution in [2.24, 2.45) is 5.73 Å². The molecule has 2 N–H and O–H groups in total. The van der Waals surface area contributed by atoms with Crippen molar-refractivity contribution in [3.63, 3.8) is 0 Å². The van der Waals surface area contributed by atoms with E-state index < -0.39 is 12.0 Å². The molecule has 3 aromatic rings. The number of esters is 1. The second-order valence-corrected chi connectivity index (χ2v) is 11.0. The summed E-state index contributed by atoms with van der Waals surface area (Å²) in [6.45, 7) is 0.103. The normalized spacial score (nSPS) is 19.5. The van der Waals surface area contributed by atoms with Crippen molar-refractivity contribution < 1.29 is 19.1 Å². The number of hydrogen-bond donors (Lipinski definition) is 1. The van der Waals surface area contributed by atoms with E-state index in [0.29, 0.717) is 11.4 Å². The van der Waals surface area contributed by atoms with Crippen LogP contribution >= 0.6 is 34.9 Å². The van der Waals surface area contributed by atoms with Crippen LogP contribution in [0, 0.1) is 0 Å². The van der Waals surface area contributed by atoms with Gasteiger partial charge in [0.1, 0.15) is 29.5 Å². The molecule has 2 aromatic carbocycles. The maximum Gasteiger partial charge on any atom is 0.356 e. The van der Waals surface area contributed by atoms with Crippen molar-refractivity contribution in [2.45, 2.75) is 22.9 Å². The van der Waals surface area contributed by atoms with Gasteiger partial charge in [-0.05, 0) is 46.8 Å². The Morgan fingerprint density at radius 1 is 1.15 bits per heavy atom. The molecule has 0 aliphatic carbocycles. The molecule has 0 spiro atoms. The Hall–Kier alpha value is -2.72. The fraction of sp³-hybridized carbons (Fsp3) is 0.200.